The van der Waals surface area contributed by atoms with E-state index in [1.165, 1.54) is 0 Å². The fraction of sp³-hybridized carbons (Fsp3) is 0.111. The Kier molecular flexibility index (Phi) is 5.50. The van der Waals surface area contributed by atoms with Gasteiger partial charge in [-0.3, -0.25) is 4.40 Å². The van der Waals surface area contributed by atoms with E-state index >= 15 is 0 Å². The lowest BCUT2D eigenvalue weighted by Gasteiger charge is -2.04. The monoisotopic (exact) mass is 450 g/mol. The van der Waals surface area contributed by atoms with Crippen molar-refractivity contribution in [2.24, 2.45) is 0 Å². The Labute approximate surface area is 170 Å². The third-order valence-electron chi connectivity index (χ3n) is 3.85. The van der Waals surface area contributed by atoms with E-state index in [-0.39, 0.29) is 17.0 Å². The van der Waals surface area contributed by atoms with Gasteiger partial charge in [-0.25, -0.2) is 9.97 Å². The number of anilines is 2. The molecule has 0 atom stereocenters. The standard InChI is InChI=1S/C18H15ClN4OS.BrH/c1-11-17(23-8-7-12(19)9-16(23)20-11)15-10-25-18(22-15)21-13-3-5-14(24-2)6-4-13;/h3-10H,1-2H3,(H,21,22);1H. The average Bonchev–Trinajstić information content (AvgIpc) is 3.18. The Hall–Kier alpha value is -2.09. The first kappa shape index (κ1) is 18.7. The van der Waals surface area contributed by atoms with Crippen LogP contribution >= 0.6 is 39.9 Å². The topological polar surface area (TPSA) is 51.5 Å². The Bertz CT molecular complexity index is 1050. The van der Waals surface area contributed by atoms with Crippen LogP contribution < -0.4 is 10.1 Å². The highest BCUT2D eigenvalue weighted by atomic mass is 79.9. The van der Waals surface area contributed by atoms with Gasteiger partial charge >= 0.3 is 0 Å². The maximum atomic E-state index is 6.06. The average molecular weight is 452 g/mol. The summed E-state index contributed by atoms with van der Waals surface area (Å²) in [5, 5.41) is 6.83. The number of hydrogen-bond donors (Lipinski definition) is 1. The Balaban J connectivity index is 0.00000196. The first-order chi connectivity index (χ1) is 12.1. The molecule has 0 aliphatic carbocycles. The molecule has 0 bridgehead atoms. The van der Waals surface area contributed by atoms with Crippen LogP contribution in [0.4, 0.5) is 10.8 Å². The SMILES string of the molecule is Br.COc1ccc(Nc2nc(-c3c(C)nc4cc(Cl)ccn34)cs2)cc1. The van der Waals surface area contributed by atoms with Gasteiger partial charge in [0.2, 0.25) is 0 Å². The van der Waals surface area contributed by atoms with Gasteiger partial charge in [-0.2, -0.15) is 0 Å². The van der Waals surface area contributed by atoms with Gasteiger partial charge in [0.1, 0.15) is 17.1 Å². The molecule has 5 nitrogen and oxygen atoms in total. The number of hydrogen-bond acceptors (Lipinski definition) is 5. The van der Waals surface area contributed by atoms with E-state index in [1.807, 2.05) is 59.3 Å². The number of benzene rings is 1. The molecular formula is C18H16BrClN4OS. The molecule has 0 spiro atoms. The van der Waals surface area contributed by atoms with Crippen molar-refractivity contribution in [1.82, 2.24) is 14.4 Å². The van der Waals surface area contributed by atoms with Gasteiger partial charge in [-0.05, 0) is 37.3 Å². The van der Waals surface area contributed by atoms with Crippen molar-refractivity contribution in [2.75, 3.05) is 12.4 Å². The second-order valence-electron chi connectivity index (χ2n) is 5.51. The lowest BCUT2D eigenvalue weighted by atomic mass is 10.3. The highest BCUT2D eigenvalue weighted by Crippen LogP contribution is 2.30. The maximum absolute atomic E-state index is 6.06. The fourth-order valence-corrected chi connectivity index (χ4v) is 3.55. The molecule has 0 radical (unpaired) electrons. The zero-order valence-corrected chi connectivity index (χ0v) is 17.3. The first-order valence-electron chi connectivity index (χ1n) is 7.65. The van der Waals surface area contributed by atoms with Crippen LogP contribution in [-0.2, 0) is 0 Å². The predicted octanol–water partition coefficient (Wildman–Crippen LogP) is 5.75. The normalized spacial score (nSPS) is 10.6. The van der Waals surface area contributed by atoms with E-state index in [4.69, 9.17) is 21.3 Å². The molecule has 0 aliphatic rings. The number of aryl methyl sites for hydroxylation is 1. The number of rotatable bonds is 4. The predicted molar refractivity (Wildman–Crippen MR) is 113 cm³/mol. The zero-order chi connectivity index (χ0) is 17.4. The van der Waals surface area contributed by atoms with Gasteiger partial charge in [-0.1, -0.05) is 11.6 Å². The number of thiazole rings is 1. The molecule has 3 heterocycles. The number of fused-ring (bicyclic) bond motifs is 1. The Morgan fingerprint density at radius 1 is 1.15 bits per heavy atom. The van der Waals surface area contributed by atoms with Crippen LogP contribution in [0.3, 0.4) is 0 Å². The number of halogens is 2. The minimum absolute atomic E-state index is 0. The molecular weight excluding hydrogens is 436 g/mol. The summed E-state index contributed by atoms with van der Waals surface area (Å²) in [5.41, 5.74) is 4.56. The summed E-state index contributed by atoms with van der Waals surface area (Å²) in [4.78, 5) is 9.28. The Morgan fingerprint density at radius 2 is 1.92 bits per heavy atom. The molecule has 0 fully saturated rings. The van der Waals surface area contributed by atoms with Crippen molar-refractivity contribution < 1.29 is 4.74 Å². The van der Waals surface area contributed by atoms with Crippen LogP contribution in [0.5, 0.6) is 5.75 Å². The summed E-state index contributed by atoms with van der Waals surface area (Å²) in [6, 6.07) is 11.4. The summed E-state index contributed by atoms with van der Waals surface area (Å²) in [6.45, 7) is 1.98. The molecule has 0 aliphatic heterocycles. The van der Waals surface area contributed by atoms with E-state index in [2.05, 4.69) is 10.3 Å². The minimum Gasteiger partial charge on any atom is -0.497 e. The van der Waals surface area contributed by atoms with Crippen LogP contribution in [-0.4, -0.2) is 21.5 Å². The number of aromatic nitrogens is 3. The van der Waals surface area contributed by atoms with Crippen LogP contribution in [0.25, 0.3) is 17.0 Å². The van der Waals surface area contributed by atoms with Crippen molar-refractivity contribution in [2.45, 2.75) is 6.92 Å². The number of nitrogens with one attached hydrogen (secondary N) is 1. The second-order valence-corrected chi connectivity index (χ2v) is 6.80. The van der Waals surface area contributed by atoms with Gasteiger partial charge in [0.15, 0.2) is 5.13 Å². The van der Waals surface area contributed by atoms with E-state index < -0.39 is 0 Å². The van der Waals surface area contributed by atoms with Crippen LogP contribution in [0.1, 0.15) is 5.69 Å². The minimum atomic E-state index is 0. The molecule has 1 aromatic carbocycles. The number of nitrogens with zero attached hydrogens (tertiary/aromatic N) is 3. The highest BCUT2D eigenvalue weighted by molar-refractivity contribution is 8.93. The van der Waals surface area contributed by atoms with E-state index in [9.17, 15) is 0 Å². The molecule has 4 rings (SSSR count). The summed E-state index contributed by atoms with van der Waals surface area (Å²) in [7, 11) is 1.65. The molecule has 4 aromatic rings. The van der Waals surface area contributed by atoms with Crippen LogP contribution in [0.15, 0.2) is 48.0 Å². The molecule has 0 amide bonds. The van der Waals surface area contributed by atoms with E-state index in [1.54, 1.807) is 18.4 Å². The van der Waals surface area contributed by atoms with Crippen molar-refractivity contribution >= 4 is 56.4 Å². The van der Waals surface area contributed by atoms with Crippen molar-refractivity contribution in [3.8, 4) is 17.1 Å². The maximum Gasteiger partial charge on any atom is 0.187 e. The highest BCUT2D eigenvalue weighted by Gasteiger charge is 2.14. The molecule has 8 heteroatoms. The second kappa shape index (κ2) is 7.65. The van der Waals surface area contributed by atoms with Gasteiger partial charge in [0.05, 0.1) is 18.5 Å². The van der Waals surface area contributed by atoms with Gasteiger partial charge in [0.25, 0.3) is 0 Å². The van der Waals surface area contributed by atoms with E-state index in [0.29, 0.717) is 5.02 Å². The number of pyridine rings is 1. The largest absolute Gasteiger partial charge is 0.497 e. The number of methoxy groups -OCH3 is 1. The van der Waals surface area contributed by atoms with Crippen LogP contribution in [0.2, 0.25) is 5.02 Å². The number of ether oxygens (including phenoxy) is 1. The van der Waals surface area contributed by atoms with Gasteiger partial charge < -0.3 is 10.1 Å². The lowest BCUT2D eigenvalue weighted by molar-refractivity contribution is 0.415. The quantitative estimate of drug-likeness (QED) is 0.429. The van der Waals surface area contributed by atoms with Crippen molar-refractivity contribution in [3.05, 3.63) is 58.7 Å². The first-order valence-corrected chi connectivity index (χ1v) is 8.91. The van der Waals surface area contributed by atoms with Crippen molar-refractivity contribution in [3.63, 3.8) is 0 Å². The fourth-order valence-electron chi connectivity index (χ4n) is 2.68. The summed E-state index contributed by atoms with van der Waals surface area (Å²) >= 11 is 7.61. The molecule has 134 valence electrons. The third-order valence-corrected chi connectivity index (χ3v) is 4.84. The van der Waals surface area contributed by atoms with Gasteiger partial charge in [0, 0.05) is 28.4 Å². The molecule has 3 aromatic heterocycles. The molecule has 0 saturated carbocycles. The molecule has 1 N–H and O–H groups in total. The van der Waals surface area contributed by atoms with Crippen molar-refractivity contribution in [1.29, 1.82) is 0 Å². The zero-order valence-electron chi connectivity index (χ0n) is 14.1. The smallest absolute Gasteiger partial charge is 0.187 e. The van der Waals surface area contributed by atoms with E-state index in [0.717, 1.165) is 39.3 Å². The molecule has 0 unspecified atom stereocenters. The molecule has 0 saturated heterocycles. The Morgan fingerprint density at radius 3 is 2.65 bits per heavy atom. The van der Waals surface area contributed by atoms with Crippen LogP contribution in [0, 0.1) is 6.92 Å². The molecule has 26 heavy (non-hydrogen) atoms. The summed E-state index contributed by atoms with van der Waals surface area (Å²) < 4.78 is 7.18. The third kappa shape index (κ3) is 3.56. The summed E-state index contributed by atoms with van der Waals surface area (Å²) in [5.74, 6) is 0.824. The van der Waals surface area contributed by atoms with Gasteiger partial charge in [-0.15, -0.1) is 28.3 Å². The summed E-state index contributed by atoms with van der Waals surface area (Å²) in [6.07, 6.45) is 1.92. The lowest BCUT2D eigenvalue weighted by Crippen LogP contribution is -1.92. The number of imidazole rings is 1.